The normalized spacial score (nSPS) is 19.2. The quantitative estimate of drug-likeness (QED) is 0.493. The van der Waals surface area contributed by atoms with Gasteiger partial charge in [0.25, 0.3) is 5.91 Å². The highest BCUT2D eigenvalue weighted by atomic mass is 19.3. The molecular formula is C22H26F2N4O6. The van der Waals surface area contributed by atoms with Crippen molar-refractivity contribution in [1.82, 2.24) is 15.2 Å². The van der Waals surface area contributed by atoms with Gasteiger partial charge in [-0.25, -0.2) is 9.78 Å². The summed E-state index contributed by atoms with van der Waals surface area (Å²) < 4.78 is 41.7. The van der Waals surface area contributed by atoms with Gasteiger partial charge in [-0.1, -0.05) is 0 Å². The van der Waals surface area contributed by atoms with Crippen molar-refractivity contribution in [2.45, 2.75) is 38.5 Å². The third kappa shape index (κ3) is 5.28. The lowest BCUT2D eigenvalue weighted by atomic mass is 10.1. The van der Waals surface area contributed by atoms with Gasteiger partial charge in [-0.05, 0) is 43.9 Å². The molecule has 1 aromatic heterocycles. The Balaban J connectivity index is 1.67. The van der Waals surface area contributed by atoms with E-state index in [1.165, 1.54) is 23.1 Å². The SMILES string of the molecule is CC(N)c1oc(-c2ccc(OC(F)F)c(OCC3CC3)c2)nc1C(=O)N1CCNCC1C(=O)O. The molecule has 1 aliphatic heterocycles. The number of nitrogens with one attached hydrogen (secondary N) is 1. The lowest BCUT2D eigenvalue weighted by Gasteiger charge is -2.33. The molecule has 0 bridgehead atoms. The second-order valence-electron chi connectivity index (χ2n) is 8.37. The number of hydrogen-bond donors (Lipinski definition) is 3. The van der Waals surface area contributed by atoms with Crippen LogP contribution in [0.3, 0.4) is 0 Å². The topological polar surface area (TPSA) is 140 Å². The van der Waals surface area contributed by atoms with Crippen LogP contribution in [-0.2, 0) is 4.79 Å². The lowest BCUT2D eigenvalue weighted by molar-refractivity contribution is -0.142. The van der Waals surface area contributed by atoms with E-state index in [0.29, 0.717) is 24.6 Å². The molecule has 2 unspecified atom stereocenters. The standard InChI is InChI=1S/C22H26F2N4O6/c1-11(25)18-17(20(29)28-7-6-26-9-14(28)21(30)31)27-19(34-18)13-4-5-15(33-22(23)24)16(8-13)32-10-12-2-3-12/h4-5,8,11-12,14,22,26H,2-3,6-7,9-10,25H2,1H3,(H,30,31). The third-order valence-corrected chi connectivity index (χ3v) is 5.64. The van der Waals surface area contributed by atoms with Crippen molar-refractivity contribution in [3.8, 4) is 23.0 Å². The van der Waals surface area contributed by atoms with Crippen LogP contribution in [0.1, 0.15) is 42.1 Å². The highest BCUT2D eigenvalue weighted by Gasteiger charge is 2.36. The maximum absolute atomic E-state index is 13.2. The smallest absolute Gasteiger partial charge is 0.387 e. The Kier molecular flexibility index (Phi) is 6.98. The van der Waals surface area contributed by atoms with E-state index in [4.69, 9.17) is 14.9 Å². The molecule has 34 heavy (non-hydrogen) atoms. The van der Waals surface area contributed by atoms with Gasteiger partial charge in [0.15, 0.2) is 23.0 Å². The summed E-state index contributed by atoms with van der Waals surface area (Å²) in [5, 5.41) is 12.4. The number of carbonyl (C=O) groups excluding carboxylic acids is 1. The van der Waals surface area contributed by atoms with E-state index in [-0.39, 0.29) is 41.9 Å². The summed E-state index contributed by atoms with van der Waals surface area (Å²) in [5.74, 6) is -1.28. The van der Waals surface area contributed by atoms with Crippen LogP contribution in [0.2, 0.25) is 0 Å². The minimum Gasteiger partial charge on any atom is -0.489 e. The summed E-state index contributed by atoms with van der Waals surface area (Å²) in [6.45, 7) is -0.339. The summed E-state index contributed by atoms with van der Waals surface area (Å²) in [5.41, 5.74) is 6.28. The van der Waals surface area contributed by atoms with Crippen molar-refractivity contribution in [2.75, 3.05) is 26.2 Å². The second kappa shape index (κ2) is 9.94. The van der Waals surface area contributed by atoms with Crippen LogP contribution in [0.5, 0.6) is 11.5 Å². The molecule has 0 spiro atoms. The van der Waals surface area contributed by atoms with Crippen LogP contribution >= 0.6 is 0 Å². The minimum atomic E-state index is -3.02. The van der Waals surface area contributed by atoms with Crippen molar-refractivity contribution in [3.05, 3.63) is 29.7 Å². The Bertz CT molecular complexity index is 1060. The Morgan fingerprint density at radius 3 is 2.76 bits per heavy atom. The first-order chi connectivity index (χ1) is 16.2. The van der Waals surface area contributed by atoms with Gasteiger partial charge in [0, 0.05) is 25.2 Å². The molecule has 0 radical (unpaired) electrons. The van der Waals surface area contributed by atoms with Crippen molar-refractivity contribution >= 4 is 11.9 Å². The van der Waals surface area contributed by atoms with E-state index < -0.39 is 30.6 Å². The van der Waals surface area contributed by atoms with Crippen LogP contribution in [0.4, 0.5) is 8.78 Å². The molecule has 1 saturated heterocycles. The maximum atomic E-state index is 13.2. The number of aromatic nitrogens is 1. The molecular weight excluding hydrogens is 454 g/mol. The molecule has 4 N–H and O–H groups in total. The van der Waals surface area contributed by atoms with Crippen LogP contribution in [0, 0.1) is 5.92 Å². The first-order valence-corrected chi connectivity index (χ1v) is 11.0. The molecule has 12 heteroatoms. The molecule has 1 amide bonds. The number of carboxylic acids is 1. The zero-order valence-corrected chi connectivity index (χ0v) is 18.5. The Morgan fingerprint density at radius 1 is 1.35 bits per heavy atom. The van der Waals surface area contributed by atoms with E-state index in [1.54, 1.807) is 6.92 Å². The summed E-state index contributed by atoms with van der Waals surface area (Å²) in [6.07, 6.45) is 2.02. The number of piperazine rings is 1. The van der Waals surface area contributed by atoms with E-state index in [2.05, 4.69) is 15.0 Å². The number of alkyl halides is 2. The molecule has 10 nitrogen and oxygen atoms in total. The number of carboxylic acid groups (broad SMARTS) is 1. The number of benzene rings is 1. The van der Waals surface area contributed by atoms with E-state index in [0.717, 1.165) is 12.8 Å². The number of halogens is 2. The van der Waals surface area contributed by atoms with Crippen molar-refractivity contribution in [3.63, 3.8) is 0 Å². The first-order valence-electron chi connectivity index (χ1n) is 11.0. The number of amides is 1. The summed E-state index contributed by atoms with van der Waals surface area (Å²) in [4.78, 5) is 30.4. The number of rotatable bonds is 9. The highest BCUT2D eigenvalue weighted by Crippen LogP contribution is 2.37. The Labute approximate surface area is 194 Å². The maximum Gasteiger partial charge on any atom is 0.387 e. The Hall–Kier alpha value is -3.25. The molecule has 2 fully saturated rings. The number of carbonyl (C=O) groups is 2. The minimum absolute atomic E-state index is 0.0255. The first kappa shape index (κ1) is 23.9. The predicted octanol–water partition coefficient (Wildman–Crippen LogP) is 2.25. The number of hydrogen-bond acceptors (Lipinski definition) is 8. The van der Waals surface area contributed by atoms with Gasteiger partial charge in [-0.3, -0.25) is 4.79 Å². The molecule has 2 heterocycles. The molecule has 4 rings (SSSR count). The average molecular weight is 480 g/mol. The monoisotopic (exact) mass is 480 g/mol. The summed E-state index contributed by atoms with van der Waals surface area (Å²) >= 11 is 0. The molecule has 2 atom stereocenters. The average Bonchev–Trinajstić information content (AvgIpc) is 3.52. The van der Waals surface area contributed by atoms with Gasteiger partial charge in [-0.15, -0.1) is 0 Å². The fourth-order valence-corrected chi connectivity index (χ4v) is 3.66. The van der Waals surface area contributed by atoms with Crippen LogP contribution in [-0.4, -0.2) is 65.8 Å². The number of ether oxygens (including phenoxy) is 2. The van der Waals surface area contributed by atoms with Gasteiger partial charge < -0.3 is 34.9 Å². The molecule has 184 valence electrons. The van der Waals surface area contributed by atoms with Crippen LogP contribution < -0.4 is 20.5 Å². The van der Waals surface area contributed by atoms with Crippen molar-refractivity contribution in [1.29, 1.82) is 0 Å². The number of nitrogens with two attached hydrogens (primary N) is 1. The number of nitrogens with zero attached hydrogens (tertiary/aromatic N) is 2. The van der Waals surface area contributed by atoms with E-state index >= 15 is 0 Å². The number of oxazole rings is 1. The summed E-state index contributed by atoms with van der Waals surface area (Å²) in [7, 11) is 0. The number of aliphatic carboxylic acids is 1. The highest BCUT2D eigenvalue weighted by molar-refractivity contribution is 5.96. The van der Waals surface area contributed by atoms with Crippen molar-refractivity contribution < 1.29 is 37.4 Å². The van der Waals surface area contributed by atoms with Crippen LogP contribution in [0.15, 0.2) is 22.6 Å². The lowest BCUT2D eigenvalue weighted by Crippen LogP contribution is -2.57. The molecule has 1 aliphatic carbocycles. The predicted molar refractivity (Wildman–Crippen MR) is 115 cm³/mol. The molecule has 2 aromatic rings. The van der Waals surface area contributed by atoms with E-state index in [9.17, 15) is 23.5 Å². The zero-order valence-electron chi connectivity index (χ0n) is 18.5. The van der Waals surface area contributed by atoms with Crippen molar-refractivity contribution in [2.24, 2.45) is 11.7 Å². The largest absolute Gasteiger partial charge is 0.489 e. The molecule has 1 aromatic carbocycles. The van der Waals surface area contributed by atoms with Crippen LogP contribution in [0.25, 0.3) is 11.5 Å². The van der Waals surface area contributed by atoms with Gasteiger partial charge in [-0.2, -0.15) is 8.78 Å². The molecule has 2 aliphatic rings. The fraction of sp³-hybridized carbons (Fsp3) is 0.500. The fourth-order valence-electron chi connectivity index (χ4n) is 3.66. The zero-order chi connectivity index (χ0) is 24.4. The Morgan fingerprint density at radius 2 is 2.12 bits per heavy atom. The molecule has 1 saturated carbocycles. The summed E-state index contributed by atoms with van der Waals surface area (Å²) in [6, 6.07) is 2.46. The second-order valence-corrected chi connectivity index (χ2v) is 8.37. The van der Waals surface area contributed by atoms with E-state index in [1.807, 2.05) is 0 Å². The third-order valence-electron chi connectivity index (χ3n) is 5.64. The van der Waals surface area contributed by atoms with Gasteiger partial charge >= 0.3 is 12.6 Å². The van der Waals surface area contributed by atoms with Gasteiger partial charge in [0.1, 0.15) is 6.04 Å². The van der Waals surface area contributed by atoms with Gasteiger partial charge in [0.05, 0.1) is 12.6 Å². The van der Waals surface area contributed by atoms with Gasteiger partial charge in [0.2, 0.25) is 5.89 Å².